The normalized spacial score (nSPS) is 22.2. The Kier molecular flexibility index (Phi) is 3.49. The number of hydrogen-bond acceptors (Lipinski definition) is 2. The van der Waals surface area contributed by atoms with Crippen LogP contribution in [0, 0.1) is 0 Å². The largest absolute Gasteiger partial charge is 0.310 e. The first-order chi connectivity index (χ1) is 6.90. The summed E-state index contributed by atoms with van der Waals surface area (Å²) in [6.45, 7) is 1.18. The van der Waals surface area contributed by atoms with Crippen LogP contribution in [0.25, 0.3) is 0 Å². The third kappa shape index (κ3) is 2.31. The maximum atomic E-state index is 3.57. The minimum Gasteiger partial charge on any atom is -0.310 e. The fourth-order valence-corrected chi connectivity index (χ4v) is 2.38. The van der Waals surface area contributed by atoms with Crippen LogP contribution in [0.5, 0.6) is 0 Å². The molecule has 0 aromatic heterocycles. The quantitative estimate of drug-likeness (QED) is 0.747. The van der Waals surface area contributed by atoms with Crippen LogP contribution in [-0.4, -0.2) is 12.8 Å². The van der Waals surface area contributed by atoms with Crippen molar-refractivity contribution in [2.75, 3.05) is 12.8 Å². The van der Waals surface area contributed by atoms with Gasteiger partial charge in [0, 0.05) is 10.9 Å². The zero-order valence-electron chi connectivity index (χ0n) is 8.62. The van der Waals surface area contributed by atoms with Crippen molar-refractivity contribution < 1.29 is 0 Å². The van der Waals surface area contributed by atoms with Gasteiger partial charge in [0.15, 0.2) is 0 Å². The maximum Gasteiger partial charge on any atom is 0.0320 e. The van der Waals surface area contributed by atoms with Gasteiger partial charge in [-0.2, -0.15) is 0 Å². The van der Waals surface area contributed by atoms with E-state index in [1.165, 1.54) is 36.3 Å². The molecule has 1 aliphatic heterocycles. The van der Waals surface area contributed by atoms with Crippen LogP contribution in [-0.2, 0) is 0 Å². The molecule has 1 atom stereocenters. The zero-order chi connectivity index (χ0) is 9.80. The zero-order valence-corrected chi connectivity index (χ0v) is 9.44. The van der Waals surface area contributed by atoms with Crippen molar-refractivity contribution >= 4 is 11.8 Å². The summed E-state index contributed by atoms with van der Waals surface area (Å²) in [6.07, 6.45) is 6.10. The van der Waals surface area contributed by atoms with E-state index in [1.807, 2.05) is 0 Å². The second-order valence-electron chi connectivity index (χ2n) is 3.78. The van der Waals surface area contributed by atoms with Gasteiger partial charge in [0.2, 0.25) is 0 Å². The lowest BCUT2D eigenvalue weighted by Gasteiger charge is -2.23. The third-order valence-electron chi connectivity index (χ3n) is 2.83. The highest BCUT2D eigenvalue weighted by molar-refractivity contribution is 7.98. The van der Waals surface area contributed by atoms with Crippen molar-refractivity contribution in [3.8, 4) is 0 Å². The summed E-state index contributed by atoms with van der Waals surface area (Å²) in [5.74, 6) is 0. The van der Waals surface area contributed by atoms with Gasteiger partial charge in [0.25, 0.3) is 0 Å². The molecule has 1 nitrogen and oxygen atoms in total. The van der Waals surface area contributed by atoms with Gasteiger partial charge >= 0.3 is 0 Å². The molecular formula is C12H17NS. The van der Waals surface area contributed by atoms with Crippen molar-refractivity contribution in [3.05, 3.63) is 29.8 Å². The number of benzene rings is 1. The predicted octanol–water partition coefficient (Wildman–Crippen LogP) is 3.22. The van der Waals surface area contributed by atoms with Crippen LogP contribution >= 0.6 is 11.8 Å². The van der Waals surface area contributed by atoms with E-state index in [2.05, 4.69) is 35.8 Å². The molecule has 1 aromatic rings. The molecular weight excluding hydrogens is 190 g/mol. The van der Waals surface area contributed by atoms with Crippen LogP contribution in [0.4, 0.5) is 0 Å². The van der Waals surface area contributed by atoms with E-state index in [-0.39, 0.29) is 0 Å². The van der Waals surface area contributed by atoms with Crippen molar-refractivity contribution in [1.29, 1.82) is 0 Å². The Morgan fingerprint density at radius 1 is 1.21 bits per heavy atom. The van der Waals surface area contributed by atoms with E-state index in [0.717, 1.165) is 0 Å². The number of piperidine rings is 1. The lowest BCUT2D eigenvalue weighted by Crippen LogP contribution is -2.26. The van der Waals surface area contributed by atoms with Gasteiger partial charge in [-0.3, -0.25) is 0 Å². The molecule has 76 valence electrons. The van der Waals surface area contributed by atoms with Gasteiger partial charge in [-0.1, -0.05) is 18.6 Å². The van der Waals surface area contributed by atoms with E-state index in [0.29, 0.717) is 6.04 Å². The van der Waals surface area contributed by atoms with Crippen molar-refractivity contribution in [3.63, 3.8) is 0 Å². The SMILES string of the molecule is CSc1ccc([C@@H]2CCCCN2)cc1. The molecule has 0 bridgehead atoms. The molecule has 1 aliphatic rings. The molecule has 0 aliphatic carbocycles. The maximum absolute atomic E-state index is 3.57. The molecule has 0 amide bonds. The summed E-state index contributed by atoms with van der Waals surface area (Å²) in [5.41, 5.74) is 1.45. The fraction of sp³-hybridized carbons (Fsp3) is 0.500. The van der Waals surface area contributed by atoms with Gasteiger partial charge in [0.1, 0.15) is 0 Å². The molecule has 1 N–H and O–H groups in total. The Hall–Kier alpha value is -0.470. The van der Waals surface area contributed by atoms with Crippen LogP contribution in [0.2, 0.25) is 0 Å². The molecule has 0 saturated carbocycles. The molecule has 1 heterocycles. The highest BCUT2D eigenvalue weighted by atomic mass is 32.2. The summed E-state index contributed by atoms with van der Waals surface area (Å²) >= 11 is 1.80. The number of nitrogens with one attached hydrogen (secondary N) is 1. The lowest BCUT2D eigenvalue weighted by molar-refractivity contribution is 0.412. The van der Waals surface area contributed by atoms with Crippen LogP contribution in [0.3, 0.4) is 0 Å². The molecule has 14 heavy (non-hydrogen) atoms. The monoisotopic (exact) mass is 207 g/mol. The molecule has 1 saturated heterocycles. The van der Waals surface area contributed by atoms with Gasteiger partial charge in [-0.25, -0.2) is 0 Å². The van der Waals surface area contributed by atoms with E-state index < -0.39 is 0 Å². The number of hydrogen-bond donors (Lipinski definition) is 1. The summed E-state index contributed by atoms with van der Waals surface area (Å²) in [6, 6.07) is 9.55. The first-order valence-electron chi connectivity index (χ1n) is 5.27. The topological polar surface area (TPSA) is 12.0 Å². The standard InChI is InChI=1S/C12H17NS/c1-14-11-7-5-10(6-8-11)12-4-2-3-9-13-12/h5-8,12-13H,2-4,9H2,1H3/t12-/m0/s1. The molecule has 2 rings (SSSR count). The molecule has 2 heteroatoms. The fourth-order valence-electron chi connectivity index (χ4n) is 1.97. The van der Waals surface area contributed by atoms with Crippen molar-refractivity contribution in [2.24, 2.45) is 0 Å². The van der Waals surface area contributed by atoms with Gasteiger partial charge < -0.3 is 5.32 Å². The smallest absolute Gasteiger partial charge is 0.0320 e. The number of rotatable bonds is 2. The molecule has 1 fully saturated rings. The summed E-state index contributed by atoms with van der Waals surface area (Å²) in [4.78, 5) is 1.35. The molecule has 1 aromatic carbocycles. The van der Waals surface area contributed by atoms with E-state index in [4.69, 9.17) is 0 Å². The predicted molar refractivity (Wildman–Crippen MR) is 62.8 cm³/mol. The van der Waals surface area contributed by atoms with Gasteiger partial charge in [0.05, 0.1) is 0 Å². The highest BCUT2D eigenvalue weighted by Crippen LogP contribution is 2.24. The Balaban J connectivity index is 2.07. The molecule has 0 unspecified atom stereocenters. The Labute approximate surface area is 90.3 Å². The van der Waals surface area contributed by atoms with E-state index >= 15 is 0 Å². The average molecular weight is 207 g/mol. The first kappa shape index (κ1) is 10.1. The highest BCUT2D eigenvalue weighted by Gasteiger charge is 2.13. The van der Waals surface area contributed by atoms with Gasteiger partial charge in [-0.15, -0.1) is 11.8 Å². The Morgan fingerprint density at radius 2 is 2.00 bits per heavy atom. The Bertz CT molecular complexity index is 275. The van der Waals surface area contributed by atoms with Crippen LogP contribution in [0.15, 0.2) is 29.2 Å². The van der Waals surface area contributed by atoms with E-state index in [9.17, 15) is 0 Å². The average Bonchev–Trinajstić information content (AvgIpc) is 2.30. The third-order valence-corrected chi connectivity index (χ3v) is 3.57. The second kappa shape index (κ2) is 4.85. The van der Waals surface area contributed by atoms with Gasteiger partial charge in [-0.05, 0) is 43.3 Å². The van der Waals surface area contributed by atoms with E-state index in [1.54, 1.807) is 11.8 Å². The first-order valence-corrected chi connectivity index (χ1v) is 6.50. The van der Waals surface area contributed by atoms with Crippen LogP contribution in [0.1, 0.15) is 30.9 Å². The molecule has 0 spiro atoms. The minimum atomic E-state index is 0.597. The minimum absolute atomic E-state index is 0.597. The summed E-state index contributed by atoms with van der Waals surface area (Å²) < 4.78 is 0. The lowest BCUT2D eigenvalue weighted by atomic mass is 9.98. The van der Waals surface area contributed by atoms with Crippen molar-refractivity contribution in [2.45, 2.75) is 30.2 Å². The van der Waals surface area contributed by atoms with Crippen LogP contribution < -0.4 is 5.32 Å². The second-order valence-corrected chi connectivity index (χ2v) is 4.66. The Morgan fingerprint density at radius 3 is 2.57 bits per heavy atom. The molecule has 0 radical (unpaired) electrons. The van der Waals surface area contributed by atoms with Crippen molar-refractivity contribution in [1.82, 2.24) is 5.32 Å². The number of thioether (sulfide) groups is 1. The summed E-state index contributed by atoms with van der Waals surface area (Å²) in [7, 11) is 0. The summed E-state index contributed by atoms with van der Waals surface area (Å²) in [5, 5.41) is 3.57.